The van der Waals surface area contributed by atoms with Crippen molar-refractivity contribution in [1.82, 2.24) is 0 Å². The number of piperidine rings is 1. The van der Waals surface area contributed by atoms with E-state index in [1.807, 2.05) is 19.1 Å². The van der Waals surface area contributed by atoms with E-state index in [0.29, 0.717) is 12.3 Å². The molecule has 0 radical (unpaired) electrons. The Kier molecular flexibility index (Phi) is 6.69. The fourth-order valence-corrected chi connectivity index (χ4v) is 5.69. The molecule has 154 valence electrons. The van der Waals surface area contributed by atoms with Crippen molar-refractivity contribution in [2.75, 3.05) is 18.0 Å². The highest BCUT2D eigenvalue weighted by Crippen LogP contribution is 2.44. The highest BCUT2D eigenvalue weighted by molar-refractivity contribution is 5.96. The van der Waals surface area contributed by atoms with Crippen LogP contribution < -0.4 is 4.90 Å². The third-order valence-corrected chi connectivity index (χ3v) is 7.24. The van der Waals surface area contributed by atoms with Crippen LogP contribution in [-0.2, 0) is 0 Å². The van der Waals surface area contributed by atoms with Gasteiger partial charge in [-0.2, -0.15) is 0 Å². The molecule has 2 fully saturated rings. The molecule has 0 bridgehead atoms. The summed E-state index contributed by atoms with van der Waals surface area (Å²) in [6.45, 7) is 4.14. The number of rotatable bonds is 6. The summed E-state index contributed by atoms with van der Waals surface area (Å²) >= 11 is 0. The first-order chi connectivity index (χ1) is 14.3. The molecule has 1 saturated heterocycles. The standard InChI is InChI=1S/C27H35NO/c1-2-26(29)24-14-9-15-25(20-24)28-18-16-23(17-19-28)27(21-10-5-3-6-11-21)22-12-7-4-8-13-22/h3,5-6,9-11,14-15,20,22-23,27H,2,4,7-8,12-13,16-19H2,1H3. The minimum absolute atomic E-state index is 0.239. The molecule has 0 spiro atoms. The summed E-state index contributed by atoms with van der Waals surface area (Å²) in [6.07, 6.45) is 10.1. The van der Waals surface area contributed by atoms with Gasteiger partial charge in [-0.15, -0.1) is 0 Å². The molecular weight excluding hydrogens is 354 g/mol. The van der Waals surface area contributed by atoms with E-state index in [1.54, 1.807) is 5.56 Å². The lowest BCUT2D eigenvalue weighted by Gasteiger charge is -2.41. The second-order valence-electron chi connectivity index (χ2n) is 8.99. The number of hydrogen-bond donors (Lipinski definition) is 0. The number of benzene rings is 2. The second-order valence-corrected chi connectivity index (χ2v) is 8.99. The highest BCUT2D eigenvalue weighted by atomic mass is 16.1. The van der Waals surface area contributed by atoms with Crippen molar-refractivity contribution in [3.05, 3.63) is 65.7 Å². The van der Waals surface area contributed by atoms with Gasteiger partial charge in [-0.25, -0.2) is 0 Å². The Bertz CT molecular complexity index is 785. The largest absolute Gasteiger partial charge is 0.371 e. The second kappa shape index (κ2) is 9.61. The van der Waals surface area contributed by atoms with Gasteiger partial charge in [0.05, 0.1) is 0 Å². The van der Waals surface area contributed by atoms with Crippen LogP contribution in [0.2, 0.25) is 0 Å². The monoisotopic (exact) mass is 389 g/mol. The molecule has 1 saturated carbocycles. The molecule has 1 atom stereocenters. The first kappa shape index (κ1) is 20.2. The lowest BCUT2D eigenvalue weighted by Crippen LogP contribution is -2.37. The predicted octanol–water partition coefficient (Wildman–Crippen LogP) is 6.86. The first-order valence-corrected chi connectivity index (χ1v) is 11.7. The molecule has 2 aliphatic rings. The van der Waals surface area contributed by atoms with Gasteiger partial charge in [0, 0.05) is 30.8 Å². The van der Waals surface area contributed by atoms with E-state index < -0.39 is 0 Å². The van der Waals surface area contributed by atoms with Gasteiger partial charge in [-0.1, -0.05) is 68.7 Å². The van der Waals surface area contributed by atoms with Crippen LogP contribution in [0.3, 0.4) is 0 Å². The predicted molar refractivity (Wildman–Crippen MR) is 122 cm³/mol. The summed E-state index contributed by atoms with van der Waals surface area (Å²) in [4.78, 5) is 14.6. The maximum Gasteiger partial charge on any atom is 0.162 e. The maximum absolute atomic E-state index is 12.1. The van der Waals surface area contributed by atoms with Crippen LogP contribution in [0.25, 0.3) is 0 Å². The van der Waals surface area contributed by atoms with Crippen molar-refractivity contribution in [3.63, 3.8) is 0 Å². The molecule has 2 heteroatoms. The zero-order valence-corrected chi connectivity index (χ0v) is 17.9. The summed E-state index contributed by atoms with van der Waals surface area (Å²) in [5.41, 5.74) is 3.64. The SMILES string of the molecule is CCC(=O)c1cccc(N2CCC(C(c3ccccc3)C3CCCCC3)CC2)c1. The summed E-state index contributed by atoms with van der Waals surface area (Å²) in [5, 5.41) is 0. The number of carbonyl (C=O) groups excluding carboxylic acids is 1. The number of anilines is 1. The average Bonchev–Trinajstić information content (AvgIpc) is 2.81. The first-order valence-electron chi connectivity index (χ1n) is 11.7. The number of nitrogens with zero attached hydrogens (tertiary/aromatic N) is 1. The molecule has 1 aliphatic carbocycles. The van der Waals surface area contributed by atoms with Crippen molar-refractivity contribution in [3.8, 4) is 0 Å². The van der Waals surface area contributed by atoms with E-state index in [0.717, 1.165) is 30.5 Å². The van der Waals surface area contributed by atoms with E-state index >= 15 is 0 Å². The van der Waals surface area contributed by atoms with Gasteiger partial charge in [-0.05, 0) is 61.1 Å². The Morgan fingerprint density at radius 1 is 0.897 bits per heavy atom. The quantitative estimate of drug-likeness (QED) is 0.503. The molecule has 29 heavy (non-hydrogen) atoms. The summed E-state index contributed by atoms with van der Waals surface area (Å²) < 4.78 is 0. The van der Waals surface area contributed by atoms with Crippen molar-refractivity contribution in [2.45, 2.75) is 64.2 Å². The van der Waals surface area contributed by atoms with Crippen LogP contribution in [0.5, 0.6) is 0 Å². The van der Waals surface area contributed by atoms with Gasteiger partial charge < -0.3 is 4.90 Å². The zero-order chi connectivity index (χ0) is 20.1. The smallest absolute Gasteiger partial charge is 0.162 e. The number of carbonyl (C=O) groups is 1. The van der Waals surface area contributed by atoms with Crippen LogP contribution in [0, 0.1) is 11.8 Å². The van der Waals surface area contributed by atoms with E-state index in [4.69, 9.17) is 0 Å². The van der Waals surface area contributed by atoms with Crippen LogP contribution in [-0.4, -0.2) is 18.9 Å². The van der Waals surface area contributed by atoms with E-state index in [-0.39, 0.29) is 5.78 Å². The molecular formula is C27H35NO. The summed E-state index contributed by atoms with van der Waals surface area (Å²) in [7, 11) is 0. The molecule has 0 N–H and O–H groups in total. The third-order valence-electron chi connectivity index (χ3n) is 7.24. The van der Waals surface area contributed by atoms with E-state index in [2.05, 4.69) is 47.4 Å². The minimum atomic E-state index is 0.239. The molecule has 2 aromatic carbocycles. The van der Waals surface area contributed by atoms with Crippen molar-refractivity contribution >= 4 is 11.5 Å². The van der Waals surface area contributed by atoms with Crippen LogP contribution in [0.1, 0.15) is 80.1 Å². The lowest BCUT2D eigenvalue weighted by molar-refractivity contribution is 0.0988. The van der Waals surface area contributed by atoms with Gasteiger partial charge in [0.1, 0.15) is 0 Å². The van der Waals surface area contributed by atoms with E-state index in [1.165, 1.54) is 50.6 Å². The Balaban J connectivity index is 1.47. The fraction of sp³-hybridized carbons (Fsp3) is 0.519. The maximum atomic E-state index is 12.1. The van der Waals surface area contributed by atoms with E-state index in [9.17, 15) is 4.79 Å². The van der Waals surface area contributed by atoms with Gasteiger partial charge in [0.15, 0.2) is 5.78 Å². The third kappa shape index (κ3) is 4.74. The van der Waals surface area contributed by atoms with Crippen molar-refractivity contribution < 1.29 is 4.79 Å². The molecule has 0 amide bonds. The Morgan fingerprint density at radius 3 is 2.28 bits per heavy atom. The molecule has 2 nitrogen and oxygen atoms in total. The topological polar surface area (TPSA) is 20.3 Å². The number of Topliss-reactive ketones (excluding diaryl/α,β-unsaturated/α-hetero) is 1. The highest BCUT2D eigenvalue weighted by Gasteiger charge is 2.34. The molecule has 1 unspecified atom stereocenters. The lowest BCUT2D eigenvalue weighted by atomic mass is 9.68. The van der Waals surface area contributed by atoms with Crippen LogP contribution in [0.4, 0.5) is 5.69 Å². The van der Waals surface area contributed by atoms with Gasteiger partial charge in [0.2, 0.25) is 0 Å². The van der Waals surface area contributed by atoms with Gasteiger partial charge in [0.25, 0.3) is 0 Å². The number of ketones is 1. The van der Waals surface area contributed by atoms with Crippen molar-refractivity contribution in [2.24, 2.45) is 11.8 Å². The molecule has 2 aromatic rings. The molecule has 4 rings (SSSR count). The fourth-order valence-electron chi connectivity index (χ4n) is 5.69. The van der Waals surface area contributed by atoms with Crippen LogP contribution >= 0.6 is 0 Å². The molecule has 0 aromatic heterocycles. The number of hydrogen-bond acceptors (Lipinski definition) is 2. The van der Waals surface area contributed by atoms with Gasteiger partial charge in [-0.3, -0.25) is 4.79 Å². The average molecular weight is 390 g/mol. The van der Waals surface area contributed by atoms with Gasteiger partial charge >= 0.3 is 0 Å². The summed E-state index contributed by atoms with van der Waals surface area (Å²) in [6, 6.07) is 19.6. The van der Waals surface area contributed by atoms with Crippen LogP contribution in [0.15, 0.2) is 54.6 Å². The summed E-state index contributed by atoms with van der Waals surface area (Å²) in [5.74, 6) is 2.58. The minimum Gasteiger partial charge on any atom is -0.371 e. The normalized spacial score (nSPS) is 19.8. The molecule has 1 aliphatic heterocycles. The molecule has 1 heterocycles. The Morgan fingerprint density at radius 2 is 1.59 bits per heavy atom. The Labute approximate surface area is 176 Å². The Hall–Kier alpha value is -2.09. The zero-order valence-electron chi connectivity index (χ0n) is 17.9. The van der Waals surface area contributed by atoms with Crippen molar-refractivity contribution in [1.29, 1.82) is 0 Å².